The van der Waals surface area contributed by atoms with Crippen LogP contribution in [-0.4, -0.2) is 19.0 Å². The lowest BCUT2D eigenvalue weighted by molar-refractivity contribution is 0.0962. The molecule has 0 atom stereocenters. The van der Waals surface area contributed by atoms with Crippen LogP contribution >= 0.6 is 0 Å². The van der Waals surface area contributed by atoms with Gasteiger partial charge in [-0.3, -0.25) is 4.79 Å². The Morgan fingerprint density at radius 3 is 2.52 bits per heavy atom. The molecule has 3 rings (SSSR count). The zero-order valence-electron chi connectivity index (χ0n) is 15.5. The Hall–Kier alpha value is -2.63. The summed E-state index contributed by atoms with van der Waals surface area (Å²) in [5, 5.41) is 5.89. The first-order valence-electron chi connectivity index (χ1n) is 9.17. The van der Waals surface area contributed by atoms with E-state index in [0.29, 0.717) is 28.6 Å². The van der Waals surface area contributed by atoms with E-state index in [1.54, 1.807) is 44.3 Å². The molecule has 0 aliphatic heterocycles. The van der Waals surface area contributed by atoms with Crippen molar-refractivity contribution in [2.75, 3.05) is 12.4 Å². The zero-order chi connectivity index (χ0) is 19.4. The van der Waals surface area contributed by atoms with Gasteiger partial charge in [0.15, 0.2) is 0 Å². The summed E-state index contributed by atoms with van der Waals surface area (Å²) < 4.78 is 32.8. The number of ether oxygens (including phenoxy) is 1. The van der Waals surface area contributed by atoms with Crippen molar-refractivity contribution in [1.29, 1.82) is 0 Å². The molecule has 1 amide bonds. The number of benzene rings is 2. The summed E-state index contributed by atoms with van der Waals surface area (Å²) in [5.41, 5.74) is 1.78. The lowest BCUT2D eigenvalue weighted by Gasteiger charge is -2.17. The highest BCUT2D eigenvalue weighted by molar-refractivity contribution is 5.95. The van der Waals surface area contributed by atoms with Crippen molar-refractivity contribution in [2.45, 2.75) is 45.1 Å². The lowest BCUT2D eigenvalue weighted by atomic mass is 10.1. The highest BCUT2D eigenvalue weighted by atomic mass is 19.3. The number of carbonyl (C=O) groups excluding carboxylic acids is 1. The number of hydrogen-bond acceptors (Lipinski definition) is 3. The number of anilines is 1. The minimum atomic E-state index is -2.64. The topological polar surface area (TPSA) is 50.4 Å². The van der Waals surface area contributed by atoms with Crippen LogP contribution in [0.4, 0.5) is 14.5 Å². The SMILES string of the molecule is CNC(=O)c1ccc(Oc2ccc(NC3CCCC3)cc2C(F)F)cc1C. The molecule has 144 valence electrons. The van der Waals surface area contributed by atoms with Crippen LogP contribution in [-0.2, 0) is 0 Å². The summed E-state index contributed by atoms with van der Waals surface area (Å²) in [7, 11) is 1.56. The van der Waals surface area contributed by atoms with E-state index < -0.39 is 6.43 Å². The van der Waals surface area contributed by atoms with Crippen LogP contribution in [0, 0.1) is 6.92 Å². The van der Waals surface area contributed by atoms with Crippen molar-refractivity contribution in [1.82, 2.24) is 5.32 Å². The Labute approximate surface area is 157 Å². The highest BCUT2D eigenvalue weighted by Crippen LogP contribution is 2.35. The van der Waals surface area contributed by atoms with Crippen LogP contribution in [0.1, 0.15) is 53.6 Å². The smallest absolute Gasteiger partial charge is 0.267 e. The van der Waals surface area contributed by atoms with Crippen molar-refractivity contribution in [2.24, 2.45) is 0 Å². The van der Waals surface area contributed by atoms with Gasteiger partial charge in [0.2, 0.25) is 0 Å². The molecule has 4 nitrogen and oxygen atoms in total. The van der Waals surface area contributed by atoms with E-state index in [0.717, 1.165) is 12.8 Å². The number of alkyl halides is 2. The van der Waals surface area contributed by atoms with Crippen molar-refractivity contribution >= 4 is 11.6 Å². The molecule has 0 aromatic heterocycles. The highest BCUT2D eigenvalue weighted by Gasteiger charge is 2.19. The van der Waals surface area contributed by atoms with E-state index in [2.05, 4.69) is 10.6 Å². The Morgan fingerprint density at radius 2 is 1.89 bits per heavy atom. The molecular weight excluding hydrogens is 350 g/mol. The first-order chi connectivity index (χ1) is 13.0. The van der Waals surface area contributed by atoms with Gasteiger partial charge < -0.3 is 15.4 Å². The average Bonchev–Trinajstić information content (AvgIpc) is 3.15. The van der Waals surface area contributed by atoms with E-state index in [9.17, 15) is 13.6 Å². The third kappa shape index (κ3) is 4.56. The maximum atomic E-state index is 13.6. The Kier molecular flexibility index (Phi) is 5.94. The standard InChI is InChI=1S/C21H24F2N2O2/c1-13-11-16(8-9-17(13)21(26)24-2)27-19-10-7-15(12-18(19)20(22)23)25-14-5-3-4-6-14/h7-12,14,20,25H,3-6H2,1-2H3,(H,24,26). The summed E-state index contributed by atoms with van der Waals surface area (Å²) in [6, 6.07) is 10.1. The van der Waals surface area contributed by atoms with Crippen LogP contribution in [0.5, 0.6) is 11.5 Å². The van der Waals surface area contributed by atoms with Crippen molar-refractivity contribution in [3.63, 3.8) is 0 Å². The van der Waals surface area contributed by atoms with Gasteiger partial charge in [0.25, 0.3) is 12.3 Å². The van der Waals surface area contributed by atoms with Crippen molar-refractivity contribution in [3.05, 3.63) is 53.1 Å². The van der Waals surface area contributed by atoms with Gasteiger partial charge in [-0.15, -0.1) is 0 Å². The van der Waals surface area contributed by atoms with Crippen LogP contribution in [0.25, 0.3) is 0 Å². The van der Waals surface area contributed by atoms with E-state index in [1.807, 2.05) is 0 Å². The normalized spacial score (nSPS) is 14.4. The molecule has 0 bridgehead atoms. The second kappa shape index (κ2) is 8.37. The third-order valence-corrected chi connectivity index (χ3v) is 4.87. The molecule has 1 saturated carbocycles. The largest absolute Gasteiger partial charge is 0.457 e. The van der Waals surface area contributed by atoms with Gasteiger partial charge in [0.05, 0.1) is 5.56 Å². The van der Waals surface area contributed by atoms with Crippen molar-refractivity contribution < 1.29 is 18.3 Å². The monoisotopic (exact) mass is 374 g/mol. The number of aryl methyl sites for hydroxylation is 1. The second-order valence-corrected chi connectivity index (χ2v) is 6.84. The molecular formula is C21H24F2N2O2. The summed E-state index contributed by atoms with van der Waals surface area (Å²) in [6.45, 7) is 1.78. The number of carbonyl (C=O) groups is 1. The maximum Gasteiger partial charge on any atom is 0.267 e. The van der Waals surface area contributed by atoms with Gasteiger partial charge in [0.1, 0.15) is 11.5 Å². The van der Waals surface area contributed by atoms with Crippen LogP contribution < -0.4 is 15.4 Å². The summed E-state index contributed by atoms with van der Waals surface area (Å²) in [6.07, 6.45) is 1.84. The van der Waals surface area contributed by atoms with Gasteiger partial charge in [-0.25, -0.2) is 8.78 Å². The number of rotatable bonds is 6. The summed E-state index contributed by atoms with van der Waals surface area (Å²) in [5.74, 6) is 0.335. The zero-order valence-corrected chi connectivity index (χ0v) is 15.5. The molecule has 2 aromatic carbocycles. The number of amides is 1. The van der Waals surface area contributed by atoms with Gasteiger partial charge in [-0.2, -0.15) is 0 Å². The lowest BCUT2D eigenvalue weighted by Crippen LogP contribution is -2.18. The number of hydrogen-bond donors (Lipinski definition) is 2. The van der Waals surface area contributed by atoms with E-state index >= 15 is 0 Å². The van der Waals surface area contributed by atoms with E-state index in [4.69, 9.17) is 4.74 Å². The fourth-order valence-corrected chi connectivity index (χ4v) is 3.42. The molecule has 1 fully saturated rings. The molecule has 2 aromatic rings. The first-order valence-corrected chi connectivity index (χ1v) is 9.17. The quantitative estimate of drug-likeness (QED) is 0.708. The number of nitrogens with one attached hydrogen (secondary N) is 2. The fourth-order valence-electron chi connectivity index (χ4n) is 3.42. The summed E-state index contributed by atoms with van der Waals surface area (Å²) in [4.78, 5) is 11.8. The molecule has 27 heavy (non-hydrogen) atoms. The first kappa shape index (κ1) is 19.1. The fraction of sp³-hybridized carbons (Fsp3) is 0.381. The minimum Gasteiger partial charge on any atom is -0.457 e. The molecule has 0 heterocycles. The van der Waals surface area contributed by atoms with Gasteiger partial charge in [-0.1, -0.05) is 12.8 Å². The Balaban J connectivity index is 1.81. The van der Waals surface area contributed by atoms with E-state index in [-0.39, 0.29) is 17.2 Å². The predicted octanol–water partition coefficient (Wildman–Crippen LogP) is 5.44. The second-order valence-electron chi connectivity index (χ2n) is 6.84. The molecule has 0 radical (unpaired) electrons. The third-order valence-electron chi connectivity index (χ3n) is 4.87. The van der Waals surface area contributed by atoms with Crippen molar-refractivity contribution in [3.8, 4) is 11.5 Å². The van der Waals surface area contributed by atoms with Crippen LogP contribution in [0.2, 0.25) is 0 Å². The van der Waals surface area contributed by atoms with E-state index in [1.165, 1.54) is 18.9 Å². The molecule has 0 spiro atoms. The minimum absolute atomic E-state index is 0.120. The molecule has 0 unspecified atom stereocenters. The Bertz CT molecular complexity index is 818. The predicted molar refractivity (Wildman–Crippen MR) is 102 cm³/mol. The molecule has 2 N–H and O–H groups in total. The number of halogens is 2. The van der Waals surface area contributed by atoms with Gasteiger partial charge in [-0.05, 0) is 61.7 Å². The summed E-state index contributed by atoms with van der Waals surface area (Å²) >= 11 is 0. The molecule has 6 heteroatoms. The van der Waals surface area contributed by atoms with Gasteiger partial charge in [0, 0.05) is 24.3 Å². The average molecular weight is 374 g/mol. The van der Waals surface area contributed by atoms with Gasteiger partial charge >= 0.3 is 0 Å². The molecule has 1 aliphatic carbocycles. The molecule has 1 aliphatic rings. The molecule has 0 saturated heterocycles. The van der Waals surface area contributed by atoms with Crippen LogP contribution in [0.3, 0.4) is 0 Å². The Morgan fingerprint density at radius 1 is 1.15 bits per heavy atom. The maximum absolute atomic E-state index is 13.6. The van der Waals surface area contributed by atoms with Crippen LogP contribution in [0.15, 0.2) is 36.4 Å².